The van der Waals surface area contributed by atoms with Crippen molar-refractivity contribution in [2.24, 2.45) is 7.05 Å². The monoisotopic (exact) mass is 337 g/mol. The number of hydrogen-bond donors (Lipinski definition) is 0. The summed E-state index contributed by atoms with van der Waals surface area (Å²) < 4.78 is 1.79. The molecule has 3 nitrogen and oxygen atoms in total. The molecular formula is C14H13BrClN3. The number of benzene rings is 2. The molecule has 0 saturated carbocycles. The summed E-state index contributed by atoms with van der Waals surface area (Å²) in [5.41, 5.74) is 4.43. The average molecular weight is 339 g/mol. The molecule has 0 saturated heterocycles. The Morgan fingerprint density at radius 3 is 2.58 bits per heavy atom. The predicted octanol–water partition coefficient (Wildman–Crippen LogP) is 3.79. The second-order valence-electron chi connectivity index (χ2n) is 4.30. The van der Waals surface area contributed by atoms with Crippen LogP contribution < -0.4 is 0 Å². The molecule has 0 spiro atoms. The van der Waals surface area contributed by atoms with Gasteiger partial charge in [-0.3, -0.25) is 0 Å². The van der Waals surface area contributed by atoms with E-state index in [1.807, 2.05) is 43.4 Å². The third-order valence-corrected chi connectivity index (χ3v) is 3.29. The largest absolute Gasteiger partial charge is 0.248 e. The first-order valence-corrected chi connectivity index (χ1v) is 6.13. The van der Waals surface area contributed by atoms with Crippen LogP contribution in [0.3, 0.4) is 0 Å². The van der Waals surface area contributed by atoms with Crippen LogP contribution in [-0.2, 0) is 13.5 Å². The zero-order chi connectivity index (χ0) is 12.5. The molecule has 0 aliphatic heterocycles. The molecule has 1 aromatic heterocycles. The van der Waals surface area contributed by atoms with E-state index in [-0.39, 0.29) is 17.0 Å². The lowest BCUT2D eigenvalue weighted by atomic mass is 10.0. The minimum atomic E-state index is 0. The summed E-state index contributed by atoms with van der Waals surface area (Å²) in [4.78, 5) is 0. The van der Waals surface area contributed by atoms with E-state index < -0.39 is 0 Å². The van der Waals surface area contributed by atoms with Crippen LogP contribution in [0.4, 0.5) is 0 Å². The van der Waals surface area contributed by atoms with Gasteiger partial charge in [-0.25, -0.2) is 4.68 Å². The molecule has 0 amide bonds. The Balaban J connectivity index is 0.00000133. The molecule has 0 aliphatic rings. The molecule has 5 heteroatoms. The van der Waals surface area contributed by atoms with Gasteiger partial charge in [-0.15, -0.1) is 22.1 Å². The summed E-state index contributed by atoms with van der Waals surface area (Å²) in [7, 11) is 1.90. The van der Waals surface area contributed by atoms with Crippen molar-refractivity contribution in [1.82, 2.24) is 15.0 Å². The summed E-state index contributed by atoms with van der Waals surface area (Å²) in [5.74, 6) is 0. The first-order chi connectivity index (χ1) is 8.74. The number of aromatic nitrogens is 3. The SMILES string of the molecule is Br.Cn1nnc2c(Cc3ccc(Cl)cc3)cccc21. The highest BCUT2D eigenvalue weighted by Gasteiger charge is 2.07. The van der Waals surface area contributed by atoms with Gasteiger partial charge in [0.1, 0.15) is 5.52 Å². The standard InChI is InChI=1S/C14H12ClN3.BrH/c1-18-13-4-2-3-11(14(13)16-17-18)9-10-5-7-12(15)8-6-10;/h2-8H,9H2,1H3;1H. The molecule has 0 N–H and O–H groups in total. The van der Waals surface area contributed by atoms with Crippen LogP contribution in [0, 0.1) is 0 Å². The van der Waals surface area contributed by atoms with E-state index in [4.69, 9.17) is 11.6 Å². The highest BCUT2D eigenvalue weighted by molar-refractivity contribution is 8.93. The second-order valence-corrected chi connectivity index (χ2v) is 4.74. The van der Waals surface area contributed by atoms with Gasteiger partial charge in [-0.2, -0.15) is 0 Å². The van der Waals surface area contributed by atoms with E-state index in [0.717, 1.165) is 22.5 Å². The average Bonchev–Trinajstić information content (AvgIpc) is 2.76. The summed E-state index contributed by atoms with van der Waals surface area (Å²) in [6, 6.07) is 14.1. The van der Waals surface area contributed by atoms with Crippen LogP contribution in [0.5, 0.6) is 0 Å². The van der Waals surface area contributed by atoms with E-state index in [1.54, 1.807) is 4.68 Å². The van der Waals surface area contributed by atoms with Gasteiger partial charge in [0.15, 0.2) is 0 Å². The summed E-state index contributed by atoms with van der Waals surface area (Å²) in [6.45, 7) is 0. The molecule has 3 rings (SSSR count). The Kier molecular flexibility index (Phi) is 4.22. The van der Waals surface area contributed by atoms with Crippen molar-refractivity contribution in [3.63, 3.8) is 0 Å². The highest BCUT2D eigenvalue weighted by Crippen LogP contribution is 2.19. The van der Waals surface area contributed by atoms with Crippen LogP contribution in [0.25, 0.3) is 11.0 Å². The summed E-state index contributed by atoms with van der Waals surface area (Å²) in [6.07, 6.45) is 0.840. The Morgan fingerprint density at radius 2 is 1.84 bits per heavy atom. The van der Waals surface area contributed by atoms with Gasteiger partial charge in [0.25, 0.3) is 0 Å². The quantitative estimate of drug-likeness (QED) is 0.712. The van der Waals surface area contributed by atoms with E-state index in [0.29, 0.717) is 0 Å². The van der Waals surface area contributed by atoms with Crippen LogP contribution in [-0.4, -0.2) is 15.0 Å². The van der Waals surface area contributed by atoms with Crippen molar-refractivity contribution in [2.45, 2.75) is 6.42 Å². The van der Waals surface area contributed by atoms with Crippen LogP contribution >= 0.6 is 28.6 Å². The zero-order valence-electron chi connectivity index (χ0n) is 10.4. The first kappa shape index (κ1) is 14.0. The minimum absolute atomic E-state index is 0. The third-order valence-electron chi connectivity index (χ3n) is 3.03. The fourth-order valence-corrected chi connectivity index (χ4v) is 2.21. The van der Waals surface area contributed by atoms with Crippen LogP contribution in [0.1, 0.15) is 11.1 Å². The number of halogens is 2. The van der Waals surface area contributed by atoms with Gasteiger partial charge in [-0.1, -0.05) is 41.1 Å². The highest BCUT2D eigenvalue weighted by atomic mass is 79.9. The molecule has 19 heavy (non-hydrogen) atoms. The van der Waals surface area contributed by atoms with E-state index in [1.165, 1.54) is 11.1 Å². The van der Waals surface area contributed by atoms with Crippen molar-refractivity contribution in [1.29, 1.82) is 0 Å². The molecule has 0 unspecified atom stereocenters. The fourth-order valence-electron chi connectivity index (χ4n) is 2.08. The summed E-state index contributed by atoms with van der Waals surface area (Å²) in [5, 5.41) is 9.04. The Hall–Kier alpha value is -1.39. The Morgan fingerprint density at radius 1 is 1.11 bits per heavy atom. The number of hydrogen-bond acceptors (Lipinski definition) is 2. The van der Waals surface area contributed by atoms with Gasteiger partial charge in [-0.05, 0) is 35.7 Å². The molecule has 3 aromatic rings. The van der Waals surface area contributed by atoms with E-state index in [2.05, 4.69) is 16.4 Å². The molecule has 1 heterocycles. The van der Waals surface area contributed by atoms with Gasteiger partial charge in [0.2, 0.25) is 0 Å². The van der Waals surface area contributed by atoms with E-state index in [9.17, 15) is 0 Å². The maximum absolute atomic E-state index is 5.89. The molecular weight excluding hydrogens is 326 g/mol. The van der Waals surface area contributed by atoms with Gasteiger partial charge in [0.05, 0.1) is 5.52 Å². The van der Waals surface area contributed by atoms with E-state index >= 15 is 0 Å². The van der Waals surface area contributed by atoms with Crippen LogP contribution in [0.15, 0.2) is 42.5 Å². The molecule has 0 aliphatic carbocycles. The van der Waals surface area contributed by atoms with Crippen molar-refractivity contribution in [2.75, 3.05) is 0 Å². The number of aryl methyl sites for hydroxylation is 1. The van der Waals surface area contributed by atoms with Crippen molar-refractivity contribution < 1.29 is 0 Å². The maximum atomic E-state index is 5.89. The van der Waals surface area contributed by atoms with Crippen molar-refractivity contribution >= 4 is 39.6 Å². The molecule has 0 radical (unpaired) electrons. The van der Waals surface area contributed by atoms with Crippen molar-refractivity contribution in [3.05, 3.63) is 58.6 Å². The Bertz CT molecular complexity index is 691. The van der Waals surface area contributed by atoms with Gasteiger partial charge < -0.3 is 0 Å². The second kappa shape index (κ2) is 5.72. The predicted molar refractivity (Wildman–Crippen MR) is 83.1 cm³/mol. The molecule has 2 aromatic carbocycles. The number of rotatable bonds is 2. The lowest BCUT2D eigenvalue weighted by Gasteiger charge is -2.03. The number of nitrogens with zero attached hydrogens (tertiary/aromatic N) is 3. The minimum Gasteiger partial charge on any atom is -0.248 e. The normalized spacial score (nSPS) is 10.4. The smallest absolute Gasteiger partial charge is 0.116 e. The topological polar surface area (TPSA) is 30.7 Å². The zero-order valence-corrected chi connectivity index (χ0v) is 12.8. The molecule has 0 fully saturated rings. The summed E-state index contributed by atoms with van der Waals surface area (Å²) >= 11 is 5.89. The first-order valence-electron chi connectivity index (χ1n) is 5.76. The van der Waals surface area contributed by atoms with Crippen molar-refractivity contribution in [3.8, 4) is 0 Å². The number of fused-ring (bicyclic) bond motifs is 1. The lowest BCUT2D eigenvalue weighted by Crippen LogP contribution is -1.91. The van der Waals surface area contributed by atoms with Gasteiger partial charge >= 0.3 is 0 Å². The molecule has 0 bridgehead atoms. The fraction of sp³-hybridized carbons (Fsp3) is 0.143. The molecule has 0 atom stereocenters. The lowest BCUT2D eigenvalue weighted by molar-refractivity contribution is 0.736. The third kappa shape index (κ3) is 2.80. The molecule has 98 valence electrons. The van der Waals surface area contributed by atoms with Crippen LogP contribution in [0.2, 0.25) is 5.02 Å². The van der Waals surface area contributed by atoms with Gasteiger partial charge in [0, 0.05) is 12.1 Å². The Labute approximate surface area is 127 Å². The maximum Gasteiger partial charge on any atom is 0.116 e.